The monoisotopic (exact) mass is 245 g/mol. The third kappa shape index (κ3) is 3.89. The molecule has 2 N–H and O–H groups in total. The second-order valence-electron chi connectivity index (χ2n) is 5.22. The van der Waals surface area contributed by atoms with Crippen LogP contribution in [0.1, 0.15) is 33.6 Å². The van der Waals surface area contributed by atoms with Gasteiger partial charge >= 0.3 is 12.1 Å². The fraction of sp³-hybridized carbons (Fsp3) is 0.818. The maximum absolute atomic E-state index is 11.8. The van der Waals surface area contributed by atoms with E-state index in [9.17, 15) is 14.7 Å². The molecule has 0 spiro atoms. The maximum atomic E-state index is 11.8. The minimum absolute atomic E-state index is 0.00583. The van der Waals surface area contributed by atoms with Gasteiger partial charge in [0.15, 0.2) is 0 Å². The molecule has 0 unspecified atom stereocenters. The molecule has 1 saturated heterocycles. The molecule has 1 fully saturated rings. The fourth-order valence-corrected chi connectivity index (χ4v) is 1.73. The molecule has 98 valence electrons. The summed E-state index contributed by atoms with van der Waals surface area (Å²) in [5.41, 5.74) is -0.678. The van der Waals surface area contributed by atoms with Gasteiger partial charge in [-0.15, -0.1) is 0 Å². The first kappa shape index (κ1) is 13.8. The maximum Gasteiger partial charge on any atom is 0.411 e. The van der Waals surface area contributed by atoms with Crippen LogP contribution in [0.25, 0.3) is 0 Å². The number of β-amino-alcohol motifs (C(OH)–C–C–N with tert-alkyl or cyclic N) is 1. The Hall–Kier alpha value is -1.30. The van der Waals surface area contributed by atoms with Crippen molar-refractivity contribution in [3.63, 3.8) is 0 Å². The van der Waals surface area contributed by atoms with Crippen molar-refractivity contribution in [3.05, 3.63) is 0 Å². The predicted octanol–water partition coefficient (Wildman–Crippen LogP) is 0.831. The summed E-state index contributed by atoms with van der Waals surface area (Å²) in [6, 6.07) is -0.909. The van der Waals surface area contributed by atoms with E-state index in [4.69, 9.17) is 9.84 Å². The number of rotatable bonds is 1. The summed E-state index contributed by atoms with van der Waals surface area (Å²) in [4.78, 5) is 23.9. The molecule has 6 heteroatoms. The third-order valence-corrected chi connectivity index (χ3v) is 2.47. The van der Waals surface area contributed by atoms with Crippen molar-refractivity contribution in [2.24, 2.45) is 0 Å². The number of ether oxygens (including phenoxy) is 1. The smallest absolute Gasteiger partial charge is 0.411 e. The Morgan fingerprint density at radius 2 is 1.88 bits per heavy atom. The zero-order chi connectivity index (χ0) is 13.2. The van der Waals surface area contributed by atoms with Gasteiger partial charge in [0.1, 0.15) is 11.6 Å². The second kappa shape index (κ2) is 4.91. The van der Waals surface area contributed by atoms with Crippen LogP contribution in [-0.4, -0.2) is 51.5 Å². The third-order valence-electron chi connectivity index (χ3n) is 2.47. The Labute approximate surface area is 100 Å². The molecule has 1 amide bonds. The van der Waals surface area contributed by atoms with Crippen molar-refractivity contribution in [1.82, 2.24) is 4.90 Å². The zero-order valence-electron chi connectivity index (χ0n) is 10.3. The molecule has 0 aliphatic carbocycles. The SMILES string of the molecule is CC(C)(C)OC(=O)N1C[C@@H](O)CC[C@@H]1C(=O)O. The molecule has 0 saturated carbocycles. The van der Waals surface area contributed by atoms with E-state index in [1.807, 2.05) is 0 Å². The van der Waals surface area contributed by atoms with Gasteiger partial charge in [-0.1, -0.05) is 0 Å². The molecule has 17 heavy (non-hydrogen) atoms. The summed E-state index contributed by atoms with van der Waals surface area (Å²) >= 11 is 0. The van der Waals surface area contributed by atoms with Gasteiger partial charge in [0.2, 0.25) is 0 Å². The normalized spacial score (nSPS) is 25.5. The number of piperidine rings is 1. The Balaban J connectivity index is 2.75. The summed E-state index contributed by atoms with van der Waals surface area (Å²) in [7, 11) is 0. The van der Waals surface area contributed by atoms with Crippen LogP contribution in [0.2, 0.25) is 0 Å². The fourth-order valence-electron chi connectivity index (χ4n) is 1.73. The summed E-state index contributed by atoms with van der Waals surface area (Å²) < 4.78 is 5.12. The quantitative estimate of drug-likeness (QED) is 0.714. The van der Waals surface area contributed by atoms with Gasteiger partial charge < -0.3 is 14.9 Å². The van der Waals surface area contributed by atoms with E-state index in [1.165, 1.54) is 0 Å². The van der Waals surface area contributed by atoms with E-state index in [1.54, 1.807) is 20.8 Å². The van der Waals surface area contributed by atoms with Crippen LogP contribution < -0.4 is 0 Å². The van der Waals surface area contributed by atoms with Crippen molar-refractivity contribution in [3.8, 4) is 0 Å². The van der Waals surface area contributed by atoms with Crippen molar-refractivity contribution >= 4 is 12.1 Å². The first-order chi connectivity index (χ1) is 7.70. The molecule has 1 rings (SSSR count). The summed E-state index contributed by atoms with van der Waals surface area (Å²) in [5.74, 6) is -1.07. The number of carboxylic acids is 1. The average molecular weight is 245 g/mol. The van der Waals surface area contributed by atoms with Crippen LogP contribution in [0.15, 0.2) is 0 Å². The molecule has 1 aliphatic heterocycles. The highest BCUT2D eigenvalue weighted by Crippen LogP contribution is 2.20. The number of nitrogens with zero attached hydrogens (tertiary/aromatic N) is 1. The standard InChI is InChI=1S/C11H19NO5/c1-11(2,3)17-10(16)12-6-7(13)4-5-8(12)9(14)15/h7-8,13H,4-6H2,1-3H3,(H,14,15)/t7-,8+/m0/s1. The molecule has 0 bridgehead atoms. The lowest BCUT2D eigenvalue weighted by atomic mass is 10.0. The number of carboxylic acid groups (broad SMARTS) is 1. The van der Waals surface area contributed by atoms with E-state index in [2.05, 4.69) is 0 Å². The topological polar surface area (TPSA) is 87.1 Å². The van der Waals surface area contributed by atoms with Gasteiger partial charge in [-0.25, -0.2) is 9.59 Å². The number of aliphatic hydroxyl groups excluding tert-OH is 1. The summed E-state index contributed by atoms with van der Waals surface area (Å²) in [5, 5.41) is 18.5. The van der Waals surface area contributed by atoms with Crippen LogP contribution in [0, 0.1) is 0 Å². The minimum Gasteiger partial charge on any atom is -0.480 e. The largest absolute Gasteiger partial charge is 0.480 e. The lowest BCUT2D eigenvalue weighted by Crippen LogP contribution is -2.53. The average Bonchev–Trinajstić information content (AvgIpc) is 2.14. The van der Waals surface area contributed by atoms with Crippen molar-refractivity contribution in [2.45, 2.75) is 51.4 Å². The molecule has 1 aliphatic rings. The molecule has 0 aromatic heterocycles. The van der Waals surface area contributed by atoms with Gasteiger partial charge in [0.05, 0.1) is 12.6 Å². The van der Waals surface area contributed by atoms with Gasteiger partial charge in [0, 0.05) is 0 Å². The highest BCUT2D eigenvalue weighted by Gasteiger charge is 2.37. The van der Waals surface area contributed by atoms with E-state index >= 15 is 0 Å². The second-order valence-corrected chi connectivity index (χ2v) is 5.22. The Kier molecular flexibility index (Phi) is 3.98. The van der Waals surface area contributed by atoms with Gasteiger partial charge in [-0.3, -0.25) is 4.90 Å². The predicted molar refractivity (Wildman–Crippen MR) is 59.6 cm³/mol. The van der Waals surface area contributed by atoms with Crippen LogP contribution in [-0.2, 0) is 9.53 Å². The first-order valence-electron chi connectivity index (χ1n) is 5.61. The Morgan fingerprint density at radius 1 is 1.29 bits per heavy atom. The van der Waals surface area contributed by atoms with Crippen LogP contribution in [0.3, 0.4) is 0 Å². The van der Waals surface area contributed by atoms with E-state index in [-0.39, 0.29) is 13.0 Å². The van der Waals surface area contributed by atoms with Crippen molar-refractivity contribution < 1.29 is 24.5 Å². The summed E-state index contributed by atoms with van der Waals surface area (Å²) in [6.45, 7) is 5.13. The Morgan fingerprint density at radius 3 is 2.35 bits per heavy atom. The highest BCUT2D eigenvalue weighted by atomic mass is 16.6. The number of hydrogen-bond acceptors (Lipinski definition) is 4. The van der Waals surface area contributed by atoms with Crippen LogP contribution >= 0.6 is 0 Å². The molecule has 0 aromatic carbocycles. The van der Waals surface area contributed by atoms with Crippen molar-refractivity contribution in [1.29, 1.82) is 0 Å². The summed E-state index contributed by atoms with van der Waals surface area (Å²) in [6.07, 6.45) is -0.742. The lowest BCUT2D eigenvalue weighted by molar-refractivity contribution is -0.145. The number of likely N-dealkylation sites (tertiary alicyclic amines) is 1. The van der Waals surface area contributed by atoms with E-state index < -0.39 is 29.8 Å². The number of aliphatic hydroxyl groups is 1. The molecule has 0 aromatic rings. The number of hydrogen-bond donors (Lipinski definition) is 2. The lowest BCUT2D eigenvalue weighted by Gasteiger charge is -2.36. The molecule has 6 nitrogen and oxygen atoms in total. The Bertz CT molecular complexity index is 309. The van der Waals surface area contributed by atoms with Crippen molar-refractivity contribution in [2.75, 3.05) is 6.54 Å². The minimum atomic E-state index is -1.07. The highest BCUT2D eigenvalue weighted by molar-refractivity contribution is 5.80. The molecule has 0 radical (unpaired) electrons. The molecule has 1 heterocycles. The number of carbonyl (C=O) groups excluding carboxylic acids is 1. The van der Waals surface area contributed by atoms with Crippen LogP contribution in [0.5, 0.6) is 0 Å². The zero-order valence-corrected chi connectivity index (χ0v) is 10.3. The van der Waals surface area contributed by atoms with Gasteiger partial charge in [0.25, 0.3) is 0 Å². The first-order valence-corrected chi connectivity index (χ1v) is 5.61. The molecular weight excluding hydrogens is 226 g/mol. The van der Waals surface area contributed by atoms with Gasteiger partial charge in [-0.2, -0.15) is 0 Å². The van der Waals surface area contributed by atoms with Crippen LogP contribution in [0.4, 0.5) is 4.79 Å². The van der Waals surface area contributed by atoms with E-state index in [0.29, 0.717) is 6.42 Å². The molecular formula is C11H19NO5. The number of amides is 1. The molecule has 2 atom stereocenters. The van der Waals surface area contributed by atoms with Gasteiger partial charge in [-0.05, 0) is 33.6 Å². The number of carbonyl (C=O) groups is 2. The number of aliphatic carboxylic acids is 1. The van der Waals surface area contributed by atoms with E-state index in [0.717, 1.165) is 4.90 Å².